The number of hydrogen-bond donors (Lipinski definition) is 0. The Morgan fingerprint density at radius 2 is 2.00 bits per heavy atom. The first-order valence-electron chi connectivity index (χ1n) is 7.49. The summed E-state index contributed by atoms with van der Waals surface area (Å²) < 4.78 is 2.16. The number of nitriles is 1. The van der Waals surface area contributed by atoms with Gasteiger partial charge in [-0.25, -0.2) is 4.98 Å². The van der Waals surface area contributed by atoms with Crippen LogP contribution in [0.2, 0.25) is 0 Å². The average molecular weight is 303 g/mol. The summed E-state index contributed by atoms with van der Waals surface area (Å²) in [4.78, 5) is 7.07. The lowest BCUT2D eigenvalue weighted by Crippen LogP contribution is -2.32. The second kappa shape index (κ2) is 6.46. The van der Waals surface area contributed by atoms with Crippen LogP contribution in [-0.4, -0.2) is 34.1 Å². The van der Waals surface area contributed by atoms with E-state index in [-0.39, 0.29) is 0 Å². The number of hydrogen-bond acceptors (Lipinski definition) is 3. The zero-order valence-electron chi connectivity index (χ0n) is 12.1. The number of halogens is 1. The Bertz CT molecular complexity index is 665. The predicted molar refractivity (Wildman–Crippen MR) is 84.3 cm³/mol. The van der Waals surface area contributed by atoms with Gasteiger partial charge in [0, 0.05) is 13.1 Å². The molecule has 1 aromatic carbocycles. The Labute approximate surface area is 129 Å². The summed E-state index contributed by atoms with van der Waals surface area (Å²) in [6.45, 7) is 4.28. The number of aromatic nitrogens is 2. The zero-order valence-corrected chi connectivity index (χ0v) is 12.8. The van der Waals surface area contributed by atoms with Gasteiger partial charge in [-0.1, -0.05) is 6.42 Å². The highest BCUT2D eigenvalue weighted by Gasteiger charge is 2.14. The first kappa shape index (κ1) is 14.4. The Kier molecular flexibility index (Phi) is 4.42. The predicted octanol–water partition coefficient (Wildman–Crippen LogP) is 3.13. The van der Waals surface area contributed by atoms with Gasteiger partial charge < -0.3 is 9.47 Å². The molecule has 1 aromatic heterocycles. The molecule has 0 amide bonds. The van der Waals surface area contributed by atoms with Gasteiger partial charge in [0.15, 0.2) is 0 Å². The number of imidazole rings is 1. The van der Waals surface area contributed by atoms with E-state index in [2.05, 4.69) is 20.5 Å². The van der Waals surface area contributed by atoms with Gasteiger partial charge in [0.2, 0.25) is 0 Å². The van der Waals surface area contributed by atoms with E-state index < -0.39 is 0 Å². The van der Waals surface area contributed by atoms with E-state index >= 15 is 0 Å². The zero-order chi connectivity index (χ0) is 14.7. The third-order valence-corrected chi connectivity index (χ3v) is 4.40. The minimum atomic E-state index is 0.399. The highest BCUT2D eigenvalue weighted by molar-refractivity contribution is 6.16. The van der Waals surface area contributed by atoms with Crippen LogP contribution in [0.5, 0.6) is 0 Å². The highest BCUT2D eigenvalue weighted by atomic mass is 35.5. The van der Waals surface area contributed by atoms with Crippen molar-refractivity contribution in [1.29, 1.82) is 5.26 Å². The van der Waals surface area contributed by atoms with E-state index in [0.717, 1.165) is 29.9 Å². The van der Waals surface area contributed by atoms with E-state index in [1.54, 1.807) is 0 Å². The topological polar surface area (TPSA) is 44.9 Å². The van der Waals surface area contributed by atoms with Crippen LogP contribution in [0.4, 0.5) is 0 Å². The van der Waals surface area contributed by atoms with Crippen LogP contribution in [0.3, 0.4) is 0 Å². The fraction of sp³-hybridized carbons (Fsp3) is 0.500. The minimum absolute atomic E-state index is 0.399. The van der Waals surface area contributed by atoms with E-state index in [1.807, 2.05) is 18.2 Å². The normalized spacial score (nSPS) is 16.2. The molecular formula is C16H19ClN4. The molecule has 1 aliphatic rings. The molecule has 0 atom stereocenters. The third-order valence-electron chi connectivity index (χ3n) is 4.16. The fourth-order valence-electron chi connectivity index (χ4n) is 3.02. The van der Waals surface area contributed by atoms with E-state index in [1.165, 1.54) is 32.4 Å². The van der Waals surface area contributed by atoms with Crippen LogP contribution >= 0.6 is 11.6 Å². The summed E-state index contributed by atoms with van der Waals surface area (Å²) in [7, 11) is 0. The Hall–Kier alpha value is -1.57. The van der Waals surface area contributed by atoms with E-state index in [0.29, 0.717) is 11.4 Å². The maximum absolute atomic E-state index is 9.07. The van der Waals surface area contributed by atoms with Gasteiger partial charge in [-0.05, 0) is 44.1 Å². The van der Waals surface area contributed by atoms with Gasteiger partial charge in [0.05, 0.1) is 28.5 Å². The molecule has 1 fully saturated rings. The maximum Gasteiger partial charge on any atom is 0.124 e. The van der Waals surface area contributed by atoms with Crippen molar-refractivity contribution in [3.8, 4) is 6.07 Å². The van der Waals surface area contributed by atoms with Crippen LogP contribution in [-0.2, 0) is 12.4 Å². The van der Waals surface area contributed by atoms with Crippen molar-refractivity contribution in [2.75, 3.05) is 19.6 Å². The maximum atomic E-state index is 9.07. The molecule has 1 aliphatic heterocycles. The Morgan fingerprint density at radius 3 is 2.71 bits per heavy atom. The molecule has 21 heavy (non-hydrogen) atoms. The van der Waals surface area contributed by atoms with Crippen LogP contribution in [0.25, 0.3) is 11.0 Å². The molecule has 110 valence electrons. The van der Waals surface area contributed by atoms with Gasteiger partial charge >= 0.3 is 0 Å². The molecular weight excluding hydrogens is 284 g/mol. The number of likely N-dealkylation sites (tertiary alicyclic amines) is 1. The molecule has 0 bridgehead atoms. The summed E-state index contributed by atoms with van der Waals surface area (Å²) in [6, 6.07) is 7.82. The molecule has 5 heteroatoms. The second-order valence-electron chi connectivity index (χ2n) is 5.53. The number of rotatable bonds is 4. The Balaban J connectivity index is 1.86. The molecule has 2 aromatic rings. The molecule has 0 saturated carbocycles. The number of benzene rings is 1. The molecule has 3 rings (SSSR count). The largest absolute Gasteiger partial charge is 0.326 e. The molecule has 0 aliphatic carbocycles. The van der Waals surface area contributed by atoms with Gasteiger partial charge in [0.25, 0.3) is 0 Å². The third kappa shape index (κ3) is 3.04. The molecule has 0 N–H and O–H groups in total. The van der Waals surface area contributed by atoms with Crippen molar-refractivity contribution in [2.45, 2.75) is 31.7 Å². The van der Waals surface area contributed by atoms with Crippen molar-refractivity contribution in [3.05, 3.63) is 29.6 Å². The molecule has 4 nitrogen and oxygen atoms in total. The van der Waals surface area contributed by atoms with Gasteiger partial charge in [0.1, 0.15) is 5.82 Å². The SMILES string of the molecule is N#Cc1ccc2nc(CCl)n(CCN3CCCCC3)c2c1. The summed E-state index contributed by atoms with van der Waals surface area (Å²) in [5.41, 5.74) is 2.60. The highest BCUT2D eigenvalue weighted by Crippen LogP contribution is 2.19. The van der Waals surface area contributed by atoms with Gasteiger partial charge in [-0.3, -0.25) is 0 Å². The second-order valence-corrected chi connectivity index (χ2v) is 5.80. The number of fused-ring (bicyclic) bond motifs is 1. The average Bonchev–Trinajstić information content (AvgIpc) is 2.90. The Morgan fingerprint density at radius 1 is 1.19 bits per heavy atom. The van der Waals surface area contributed by atoms with E-state index in [9.17, 15) is 0 Å². The molecule has 0 unspecified atom stereocenters. The molecule has 2 heterocycles. The van der Waals surface area contributed by atoms with E-state index in [4.69, 9.17) is 16.9 Å². The standard InChI is InChI=1S/C16H19ClN4/c17-11-16-19-14-5-4-13(12-18)10-15(14)21(16)9-8-20-6-2-1-3-7-20/h4-5,10H,1-3,6-9,11H2. The number of piperidine rings is 1. The fourth-order valence-corrected chi connectivity index (χ4v) is 3.22. The van der Waals surface area contributed by atoms with Crippen LogP contribution in [0, 0.1) is 11.3 Å². The summed E-state index contributed by atoms with van der Waals surface area (Å²) in [6.07, 6.45) is 3.94. The van der Waals surface area contributed by atoms with Crippen molar-refractivity contribution in [3.63, 3.8) is 0 Å². The smallest absolute Gasteiger partial charge is 0.124 e. The minimum Gasteiger partial charge on any atom is -0.326 e. The van der Waals surface area contributed by atoms with Crippen LogP contribution in [0.1, 0.15) is 30.7 Å². The molecule has 0 radical (unpaired) electrons. The lowest BCUT2D eigenvalue weighted by molar-refractivity contribution is 0.221. The summed E-state index contributed by atoms with van der Waals surface area (Å²) >= 11 is 6.04. The van der Waals surface area contributed by atoms with Crippen LogP contribution < -0.4 is 0 Å². The monoisotopic (exact) mass is 302 g/mol. The first-order chi connectivity index (χ1) is 10.3. The van der Waals surface area contributed by atoms with Crippen molar-refractivity contribution in [2.24, 2.45) is 0 Å². The summed E-state index contributed by atoms with van der Waals surface area (Å²) in [5, 5.41) is 9.07. The molecule has 1 saturated heterocycles. The van der Waals surface area contributed by atoms with Crippen molar-refractivity contribution >= 4 is 22.6 Å². The quantitative estimate of drug-likeness (QED) is 0.815. The van der Waals surface area contributed by atoms with Gasteiger partial charge in [-0.2, -0.15) is 5.26 Å². The van der Waals surface area contributed by atoms with Crippen molar-refractivity contribution < 1.29 is 0 Å². The lowest BCUT2D eigenvalue weighted by Gasteiger charge is -2.26. The molecule has 0 spiro atoms. The van der Waals surface area contributed by atoms with Gasteiger partial charge in [-0.15, -0.1) is 11.6 Å². The summed E-state index contributed by atoms with van der Waals surface area (Å²) in [5.74, 6) is 1.29. The van der Waals surface area contributed by atoms with Crippen molar-refractivity contribution in [1.82, 2.24) is 14.5 Å². The lowest BCUT2D eigenvalue weighted by atomic mass is 10.1. The number of alkyl halides is 1. The first-order valence-corrected chi connectivity index (χ1v) is 8.03. The number of nitrogens with zero attached hydrogens (tertiary/aromatic N) is 4. The van der Waals surface area contributed by atoms with Crippen LogP contribution in [0.15, 0.2) is 18.2 Å².